The van der Waals surface area contributed by atoms with Gasteiger partial charge in [0.25, 0.3) is 0 Å². The molecule has 0 atom stereocenters. The van der Waals surface area contributed by atoms with Crippen molar-refractivity contribution >= 4 is 20.9 Å². The second-order valence-corrected chi connectivity index (χ2v) is 8.87. The fraction of sp³-hybridized carbons (Fsp3) is 0.0909. The van der Waals surface area contributed by atoms with Crippen LogP contribution < -0.4 is 0 Å². The molecule has 0 saturated carbocycles. The van der Waals surface area contributed by atoms with Gasteiger partial charge in [-0.1, -0.05) is 24.3 Å². The normalized spacial score (nSPS) is 12.3. The molecule has 2 aromatic carbocycles. The number of nitrogens with zero attached hydrogens (tertiary/aromatic N) is 2. The first-order valence-electron chi connectivity index (χ1n) is 8.98. The van der Waals surface area contributed by atoms with Crippen molar-refractivity contribution in [1.82, 2.24) is 9.97 Å². The van der Waals surface area contributed by atoms with Gasteiger partial charge in [0, 0.05) is 29.0 Å². The average Bonchev–Trinajstić information content (AvgIpc) is 2.72. The molecule has 2 aromatic heterocycles. The number of hydrogen-bond donors (Lipinski definition) is 0. The number of benzene rings is 2. The van der Waals surface area contributed by atoms with Crippen molar-refractivity contribution in [1.29, 1.82) is 0 Å². The minimum absolute atomic E-state index is 0.0258. The molecule has 0 bridgehead atoms. The van der Waals surface area contributed by atoms with Crippen molar-refractivity contribution in [3.05, 3.63) is 78.4 Å². The molecule has 158 valence electrons. The number of aromatic nitrogens is 2. The van der Waals surface area contributed by atoms with E-state index in [9.17, 15) is 26.0 Å². The van der Waals surface area contributed by atoms with Gasteiger partial charge in [-0.2, -0.15) is 13.2 Å². The Morgan fingerprint density at radius 2 is 1.61 bits per heavy atom. The largest absolute Gasteiger partial charge is 0.433 e. The molecule has 0 N–H and O–H groups in total. The van der Waals surface area contributed by atoms with E-state index in [1.165, 1.54) is 42.6 Å². The third kappa shape index (κ3) is 4.00. The van der Waals surface area contributed by atoms with Gasteiger partial charge >= 0.3 is 6.18 Å². The Kier molecular flexibility index (Phi) is 5.01. The van der Waals surface area contributed by atoms with Gasteiger partial charge < -0.3 is 0 Å². The summed E-state index contributed by atoms with van der Waals surface area (Å²) in [5, 5.41) is 0.351. The van der Waals surface area contributed by atoms with Gasteiger partial charge in [0.15, 0.2) is 15.5 Å². The molecule has 0 aliphatic rings. The van der Waals surface area contributed by atoms with Gasteiger partial charge in [-0.3, -0.25) is 0 Å². The van der Waals surface area contributed by atoms with Crippen molar-refractivity contribution in [3.63, 3.8) is 0 Å². The Hall–Kier alpha value is -3.33. The fourth-order valence-electron chi connectivity index (χ4n) is 3.35. The molecule has 0 saturated heterocycles. The first kappa shape index (κ1) is 20.9. The molecule has 0 radical (unpaired) electrons. The predicted octanol–water partition coefficient (Wildman–Crippen LogP) is 5.53. The van der Waals surface area contributed by atoms with Crippen LogP contribution in [0.1, 0.15) is 5.69 Å². The van der Waals surface area contributed by atoms with Crippen molar-refractivity contribution in [3.8, 4) is 22.3 Å². The monoisotopic (exact) mass is 446 g/mol. The van der Waals surface area contributed by atoms with Crippen LogP contribution in [0.5, 0.6) is 0 Å². The third-order valence-corrected chi connectivity index (χ3v) is 5.90. The van der Waals surface area contributed by atoms with E-state index in [2.05, 4.69) is 9.97 Å². The molecule has 0 fully saturated rings. The second-order valence-electron chi connectivity index (χ2n) is 6.89. The van der Waals surface area contributed by atoms with Crippen molar-refractivity contribution in [2.24, 2.45) is 0 Å². The van der Waals surface area contributed by atoms with Crippen LogP contribution in [0.2, 0.25) is 0 Å². The second kappa shape index (κ2) is 7.42. The molecule has 0 amide bonds. The topological polar surface area (TPSA) is 59.9 Å². The Bertz CT molecular complexity index is 1420. The van der Waals surface area contributed by atoms with Gasteiger partial charge in [0.05, 0.1) is 4.90 Å². The molecular weight excluding hydrogens is 432 g/mol. The summed E-state index contributed by atoms with van der Waals surface area (Å²) in [5.74, 6) is -0.629. The minimum Gasteiger partial charge on any atom is -0.237 e. The predicted molar refractivity (Wildman–Crippen MR) is 108 cm³/mol. The lowest BCUT2D eigenvalue weighted by atomic mass is 9.97. The van der Waals surface area contributed by atoms with Gasteiger partial charge in [0.1, 0.15) is 11.5 Å². The highest BCUT2D eigenvalue weighted by Gasteiger charge is 2.32. The Morgan fingerprint density at radius 3 is 2.32 bits per heavy atom. The summed E-state index contributed by atoms with van der Waals surface area (Å²) >= 11 is 0. The van der Waals surface area contributed by atoms with Crippen molar-refractivity contribution in [2.75, 3.05) is 6.26 Å². The SMILES string of the molecule is CS(=O)(=O)c1ccccc1-c1cc(-c2ccnc3nc(C(F)(F)F)ccc23)ccc1F. The van der Waals surface area contributed by atoms with Crippen molar-refractivity contribution in [2.45, 2.75) is 11.1 Å². The quantitative estimate of drug-likeness (QED) is 0.389. The first-order chi connectivity index (χ1) is 14.6. The molecule has 31 heavy (non-hydrogen) atoms. The summed E-state index contributed by atoms with van der Waals surface area (Å²) in [6, 6.07) is 13.9. The van der Waals surface area contributed by atoms with Gasteiger partial charge in [-0.15, -0.1) is 0 Å². The van der Waals surface area contributed by atoms with Gasteiger partial charge in [-0.05, 0) is 47.5 Å². The number of pyridine rings is 2. The van der Waals surface area contributed by atoms with Crippen LogP contribution in [0, 0.1) is 5.82 Å². The van der Waals surface area contributed by atoms with E-state index in [4.69, 9.17) is 0 Å². The van der Waals surface area contributed by atoms with E-state index < -0.39 is 27.5 Å². The fourth-order valence-corrected chi connectivity index (χ4v) is 4.25. The van der Waals surface area contributed by atoms with Crippen LogP contribution in [-0.2, 0) is 16.0 Å². The number of sulfone groups is 1. The van der Waals surface area contributed by atoms with E-state index in [1.54, 1.807) is 18.2 Å². The summed E-state index contributed by atoms with van der Waals surface area (Å²) in [5.41, 5.74) is 0.0581. The zero-order valence-electron chi connectivity index (χ0n) is 16.0. The Morgan fingerprint density at radius 1 is 0.871 bits per heavy atom. The van der Waals surface area contributed by atoms with Gasteiger partial charge in [-0.25, -0.2) is 22.8 Å². The number of hydrogen-bond acceptors (Lipinski definition) is 4. The molecule has 2 heterocycles. The number of rotatable bonds is 3. The summed E-state index contributed by atoms with van der Waals surface area (Å²) in [6.07, 6.45) is -2.25. The van der Waals surface area contributed by atoms with E-state index >= 15 is 0 Å². The van der Waals surface area contributed by atoms with E-state index in [-0.39, 0.29) is 21.7 Å². The summed E-state index contributed by atoms with van der Waals surface area (Å²) < 4.78 is 77.9. The molecule has 4 nitrogen and oxygen atoms in total. The zero-order valence-corrected chi connectivity index (χ0v) is 16.8. The Labute approximate surface area is 175 Å². The van der Waals surface area contributed by atoms with E-state index in [0.717, 1.165) is 12.3 Å². The van der Waals surface area contributed by atoms with Crippen LogP contribution in [0.4, 0.5) is 17.6 Å². The molecule has 9 heteroatoms. The molecule has 0 unspecified atom stereocenters. The first-order valence-corrected chi connectivity index (χ1v) is 10.9. The lowest BCUT2D eigenvalue weighted by Crippen LogP contribution is -2.08. The molecule has 0 spiro atoms. The van der Waals surface area contributed by atoms with Gasteiger partial charge in [0.2, 0.25) is 0 Å². The third-order valence-electron chi connectivity index (χ3n) is 4.75. The average molecular weight is 446 g/mol. The van der Waals surface area contributed by atoms with Crippen LogP contribution in [0.15, 0.2) is 71.8 Å². The number of fused-ring (bicyclic) bond motifs is 1. The van der Waals surface area contributed by atoms with Crippen LogP contribution >= 0.6 is 0 Å². The maximum Gasteiger partial charge on any atom is 0.433 e. The molecule has 4 rings (SSSR count). The van der Waals surface area contributed by atoms with E-state index in [0.29, 0.717) is 16.5 Å². The Balaban J connectivity index is 1.92. The highest BCUT2D eigenvalue weighted by atomic mass is 32.2. The van der Waals surface area contributed by atoms with Crippen LogP contribution in [0.25, 0.3) is 33.3 Å². The molecule has 0 aliphatic carbocycles. The lowest BCUT2D eigenvalue weighted by molar-refractivity contribution is -0.141. The molecular formula is C22H14F4N2O2S. The smallest absolute Gasteiger partial charge is 0.237 e. The zero-order chi connectivity index (χ0) is 22.4. The van der Waals surface area contributed by atoms with Crippen molar-refractivity contribution < 1.29 is 26.0 Å². The summed E-state index contributed by atoms with van der Waals surface area (Å²) in [7, 11) is -3.62. The summed E-state index contributed by atoms with van der Waals surface area (Å²) in [6.45, 7) is 0. The van der Waals surface area contributed by atoms with E-state index in [1.807, 2.05) is 0 Å². The molecule has 4 aromatic rings. The molecule has 0 aliphatic heterocycles. The lowest BCUT2D eigenvalue weighted by Gasteiger charge is -2.13. The highest BCUT2D eigenvalue weighted by Crippen LogP contribution is 2.36. The van der Waals surface area contributed by atoms with Crippen LogP contribution in [0.3, 0.4) is 0 Å². The number of alkyl halides is 3. The minimum atomic E-state index is -4.61. The van der Waals surface area contributed by atoms with Crippen LogP contribution in [-0.4, -0.2) is 24.6 Å². The maximum atomic E-state index is 14.7. The summed E-state index contributed by atoms with van der Waals surface area (Å²) in [4.78, 5) is 7.48. The number of halogens is 4. The maximum absolute atomic E-state index is 14.7. The highest BCUT2D eigenvalue weighted by molar-refractivity contribution is 7.90. The standard InChI is InChI=1S/C22H14F4N2O2S/c1-31(29,30)19-5-3-2-4-15(19)17-12-13(6-8-18(17)23)14-10-11-27-21-16(14)7-9-20(28-21)22(24,25)26/h2-12H,1H3.